The first-order valence-corrected chi connectivity index (χ1v) is 7.72. The molecule has 3 heteroatoms. The Morgan fingerprint density at radius 2 is 2.21 bits per heavy atom. The molecule has 1 fully saturated rings. The van der Waals surface area contributed by atoms with Gasteiger partial charge in [-0.05, 0) is 70.4 Å². The normalized spacial score (nSPS) is 19.7. The zero-order valence-corrected chi connectivity index (χ0v) is 12.4. The molecule has 0 aromatic carbocycles. The number of nitrogens with one attached hydrogen (secondary N) is 1. The van der Waals surface area contributed by atoms with Crippen molar-refractivity contribution in [2.75, 3.05) is 26.2 Å². The summed E-state index contributed by atoms with van der Waals surface area (Å²) in [7, 11) is 0. The van der Waals surface area contributed by atoms with E-state index in [0.717, 1.165) is 24.6 Å². The largest absolute Gasteiger partial charge is 0.469 e. The van der Waals surface area contributed by atoms with E-state index in [1.165, 1.54) is 38.9 Å². The fourth-order valence-electron chi connectivity index (χ4n) is 2.74. The first-order chi connectivity index (χ1) is 9.24. The van der Waals surface area contributed by atoms with Gasteiger partial charge in [-0.2, -0.15) is 0 Å². The Kier molecular flexibility index (Phi) is 5.93. The van der Waals surface area contributed by atoms with Gasteiger partial charge in [-0.25, -0.2) is 0 Å². The summed E-state index contributed by atoms with van der Waals surface area (Å²) < 4.78 is 5.37. The van der Waals surface area contributed by atoms with Crippen LogP contribution in [-0.2, 0) is 6.42 Å². The maximum atomic E-state index is 5.37. The van der Waals surface area contributed by atoms with E-state index in [0.29, 0.717) is 6.04 Å². The lowest BCUT2D eigenvalue weighted by Crippen LogP contribution is -2.36. The summed E-state index contributed by atoms with van der Waals surface area (Å²) in [5, 5.41) is 3.58. The van der Waals surface area contributed by atoms with Crippen LogP contribution < -0.4 is 5.32 Å². The molecule has 0 aliphatic carbocycles. The van der Waals surface area contributed by atoms with E-state index in [-0.39, 0.29) is 0 Å². The number of hydrogen-bond acceptors (Lipinski definition) is 3. The van der Waals surface area contributed by atoms with Gasteiger partial charge in [0, 0.05) is 12.5 Å². The molecule has 0 amide bonds. The quantitative estimate of drug-likeness (QED) is 0.768. The van der Waals surface area contributed by atoms with Crippen molar-refractivity contribution in [3.8, 4) is 0 Å². The van der Waals surface area contributed by atoms with Crippen LogP contribution in [0, 0.1) is 5.92 Å². The minimum atomic E-state index is 0.493. The molecule has 0 saturated carbocycles. The molecule has 1 saturated heterocycles. The molecule has 3 nitrogen and oxygen atoms in total. The molecule has 1 atom stereocenters. The Balaban J connectivity index is 1.52. The summed E-state index contributed by atoms with van der Waals surface area (Å²) >= 11 is 0. The molecule has 2 rings (SSSR count). The number of hydrogen-bond donors (Lipinski definition) is 1. The summed E-state index contributed by atoms with van der Waals surface area (Å²) in [5.41, 5.74) is 0. The van der Waals surface area contributed by atoms with Crippen molar-refractivity contribution in [2.45, 2.75) is 45.6 Å². The smallest absolute Gasteiger partial charge is 0.105 e. The summed E-state index contributed by atoms with van der Waals surface area (Å²) in [4.78, 5) is 2.61. The molecule has 108 valence electrons. The standard InChI is InChI=1S/C16H28N2O/c1-14-6-10-18(11-7-14)9-4-8-17-15(2)13-16-5-3-12-19-16/h3,5,12,14-15,17H,4,6-11,13H2,1-2H3. The van der Waals surface area contributed by atoms with Crippen molar-refractivity contribution < 1.29 is 4.42 Å². The first kappa shape index (κ1) is 14.6. The van der Waals surface area contributed by atoms with E-state index in [4.69, 9.17) is 4.42 Å². The highest BCUT2D eigenvalue weighted by Crippen LogP contribution is 2.15. The Bertz CT molecular complexity index is 329. The predicted molar refractivity (Wildman–Crippen MR) is 79.3 cm³/mol. The van der Waals surface area contributed by atoms with Crippen LogP contribution in [0.3, 0.4) is 0 Å². The SMILES string of the molecule is CC1CCN(CCCNC(C)Cc2ccco2)CC1. The highest BCUT2D eigenvalue weighted by atomic mass is 16.3. The van der Waals surface area contributed by atoms with E-state index < -0.39 is 0 Å². The molecule has 1 aliphatic rings. The number of furan rings is 1. The van der Waals surface area contributed by atoms with E-state index in [1.807, 2.05) is 12.1 Å². The molecule has 1 aromatic rings. The van der Waals surface area contributed by atoms with Gasteiger partial charge in [-0.1, -0.05) is 6.92 Å². The second kappa shape index (κ2) is 7.71. The third-order valence-electron chi connectivity index (χ3n) is 4.11. The van der Waals surface area contributed by atoms with E-state index in [9.17, 15) is 0 Å². The molecule has 1 aliphatic heterocycles. The third-order valence-corrected chi connectivity index (χ3v) is 4.11. The minimum Gasteiger partial charge on any atom is -0.469 e. The Labute approximate surface area is 117 Å². The number of rotatable bonds is 7. The second-order valence-corrected chi connectivity index (χ2v) is 6.02. The fraction of sp³-hybridized carbons (Fsp3) is 0.750. The average Bonchev–Trinajstić information content (AvgIpc) is 2.89. The Morgan fingerprint density at radius 1 is 1.42 bits per heavy atom. The van der Waals surface area contributed by atoms with Gasteiger partial charge in [-0.3, -0.25) is 0 Å². The van der Waals surface area contributed by atoms with Gasteiger partial charge in [0.25, 0.3) is 0 Å². The zero-order chi connectivity index (χ0) is 13.5. The van der Waals surface area contributed by atoms with Gasteiger partial charge in [0.15, 0.2) is 0 Å². The molecule has 1 N–H and O–H groups in total. The Hall–Kier alpha value is -0.800. The van der Waals surface area contributed by atoms with Crippen molar-refractivity contribution in [3.05, 3.63) is 24.2 Å². The molecule has 1 unspecified atom stereocenters. The van der Waals surface area contributed by atoms with Crippen LogP contribution >= 0.6 is 0 Å². The summed E-state index contributed by atoms with van der Waals surface area (Å²) in [5.74, 6) is 2.01. The lowest BCUT2D eigenvalue weighted by molar-refractivity contribution is 0.190. The maximum absolute atomic E-state index is 5.37. The third kappa shape index (κ3) is 5.37. The van der Waals surface area contributed by atoms with Crippen molar-refractivity contribution >= 4 is 0 Å². The van der Waals surface area contributed by atoms with Crippen LogP contribution in [0.4, 0.5) is 0 Å². The minimum absolute atomic E-state index is 0.493. The van der Waals surface area contributed by atoms with Crippen LogP contribution in [0.2, 0.25) is 0 Å². The highest BCUT2D eigenvalue weighted by molar-refractivity contribution is 4.99. The van der Waals surface area contributed by atoms with Gasteiger partial charge in [-0.15, -0.1) is 0 Å². The fourth-order valence-corrected chi connectivity index (χ4v) is 2.74. The second-order valence-electron chi connectivity index (χ2n) is 6.02. The van der Waals surface area contributed by atoms with E-state index >= 15 is 0 Å². The maximum Gasteiger partial charge on any atom is 0.105 e. The first-order valence-electron chi connectivity index (χ1n) is 7.72. The van der Waals surface area contributed by atoms with Crippen LogP contribution in [0.5, 0.6) is 0 Å². The van der Waals surface area contributed by atoms with Gasteiger partial charge in [0.05, 0.1) is 6.26 Å². The van der Waals surface area contributed by atoms with Crippen LogP contribution in [-0.4, -0.2) is 37.1 Å². The van der Waals surface area contributed by atoms with Crippen LogP contribution in [0.1, 0.15) is 38.9 Å². The summed E-state index contributed by atoms with van der Waals surface area (Å²) in [6, 6.07) is 4.50. The number of nitrogens with zero attached hydrogens (tertiary/aromatic N) is 1. The zero-order valence-electron chi connectivity index (χ0n) is 12.4. The topological polar surface area (TPSA) is 28.4 Å². The predicted octanol–water partition coefficient (Wildman–Crippen LogP) is 2.92. The summed E-state index contributed by atoms with van der Waals surface area (Å²) in [6.07, 6.45) is 6.73. The monoisotopic (exact) mass is 264 g/mol. The van der Waals surface area contributed by atoms with Gasteiger partial charge >= 0.3 is 0 Å². The van der Waals surface area contributed by atoms with E-state index in [1.54, 1.807) is 6.26 Å². The van der Waals surface area contributed by atoms with Crippen LogP contribution in [0.15, 0.2) is 22.8 Å². The molecular weight excluding hydrogens is 236 g/mol. The Morgan fingerprint density at radius 3 is 2.89 bits per heavy atom. The van der Waals surface area contributed by atoms with E-state index in [2.05, 4.69) is 24.1 Å². The van der Waals surface area contributed by atoms with Crippen molar-refractivity contribution in [1.29, 1.82) is 0 Å². The molecule has 2 heterocycles. The molecule has 0 bridgehead atoms. The van der Waals surface area contributed by atoms with Gasteiger partial charge < -0.3 is 14.6 Å². The molecule has 1 aromatic heterocycles. The molecule has 0 spiro atoms. The molecule has 0 radical (unpaired) electrons. The molecule has 19 heavy (non-hydrogen) atoms. The number of likely N-dealkylation sites (tertiary alicyclic amines) is 1. The lowest BCUT2D eigenvalue weighted by Gasteiger charge is -2.30. The summed E-state index contributed by atoms with van der Waals surface area (Å²) in [6.45, 7) is 9.54. The van der Waals surface area contributed by atoms with Crippen molar-refractivity contribution in [3.63, 3.8) is 0 Å². The highest BCUT2D eigenvalue weighted by Gasteiger charge is 2.14. The van der Waals surface area contributed by atoms with Gasteiger partial charge in [0.2, 0.25) is 0 Å². The van der Waals surface area contributed by atoms with Gasteiger partial charge in [0.1, 0.15) is 5.76 Å². The molecular formula is C16H28N2O. The van der Waals surface area contributed by atoms with Crippen molar-refractivity contribution in [1.82, 2.24) is 10.2 Å². The number of piperidine rings is 1. The van der Waals surface area contributed by atoms with Crippen LogP contribution in [0.25, 0.3) is 0 Å². The lowest BCUT2D eigenvalue weighted by atomic mass is 9.99. The average molecular weight is 264 g/mol. The van der Waals surface area contributed by atoms with Crippen molar-refractivity contribution in [2.24, 2.45) is 5.92 Å².